The number of nitrogens with zero attached hydrogens (tertiary/aromatic N) is 1. The molecule has 2 amide bonds. The second-order valence-corrected chi connectivity index (χ2v) is 5.12. The Hall–Kier alpha value is -1.88. The average Bonchev–Trinajstić information content (AvgIpc) is 2.38. The zero-order valence-corrected chi connectivity index (χ0v) is 12.2. The van der Waals surface area contributed by atoms with Gasteiger partial charge in [0.05, 0.1) is 6.54 Å². The van der Waals surface area contributed by atoms with Crippen molar-refractivity contribution in [2.75, 3.05) is 18.5 Å². The van der Waals surface area contributed by atoms with Crippen LogP contribution in [0.4, 0.5) is 5.69 Å². The lowest BCUT2D eigenvalue weighted by Gasteiger charge is -2.36. The molecule has 5 nitrogen and oxygen atoms in total. The van der Waals surface area contributed by atoms with Gasteiger partial charge in [0.1, 0.15) is 6.04 Å². The van der Waals surface area contributed by atoms with E-state index in [1.165, 1.54) is 5.56 Å². The highest BCUT2D eigenvalue weighted by atomic mass is 16.2. The lowest BCUT2D eigenvalue weighted by atomic mass is 10.0. The molecule has 5 heteroatoms. The van der Waals surface area contributed by atoms with Gasteiger partial charge in [-0.1, -0.05) is 19.1 Å². The number of imide groups is 1. The highest BCUT2D eigenvalue weighted by Crippen LogP contribution is 2.25. The summed E-state index contributed by atoms with van der Waals surface area (Å²) in [5, 5.41) is 5.51. The van der Waals surface area contributed by atoms with Crippen LogP contribution >= 0.6 is 0 Å². The Morgan fingerprint density at radius 3 is 2.75 bits per heavy atom. The van der Waals surface area contributed by atoms with Crippen LogP contribution in [0.15, 0.2) is 18.2 Å². The highest BCUT2D eigenvalue weighted by Gasteiger charge is 2.33. The van der Waals surface area contributed by atoms with Crippen molar-refractivity contribution in [2.45, 2.75) is 32.9 Å². The summed E-state index contributed by atoms with van der Waals surface area (Å²) in [6, 6.07) is 5.84. The number of benzene rings is 1. The van der Waals surface area contributed by atoms with Crippen molar-refractivity contribution in [1.82, 2.24) is 10.6 Å². The monoisotopic (exact) mass is 275 g/mol. The number of amides is 2. The number of aryl methyl sites for hydroxylation is 1. The van der Waals surface area contributed by atoms with Crippen LogP contribution in [0.25, 0.3) is 0 Å². The Morgan fingerprint density at radius 1 is 1.40 bits per heavy atom. The Labute approximate surface area is 119 Å². The normalized spacial score (nSPS) is 19.1. The number of carbonyl (C=O) groups excluding carboxylic acids is 2. The van der Waals surface area contributed by atoms with Crippen LogP contribution in [-0.2, 0) is 16.1 Å². The van der Waals surface area contributed by atoms with Crippen molar-refractivity contribution >= 4 is 17.5 Å². The van der Waals surface area contributed by atoms with Gasteiger partial charge < -0.3 is 10.2 Å². The topological polar surface area (TPSA) is 61.4 Å². The van der Waals surface area contributed by atoms with Gasteiger partial charge in [-0.05, 0) is 37.6 Å². The summed E-state index contributed by atoms with van der Waals surface area (Å²) >= 11 is 0. The van der Waals surface area contributed by atoms with Gasteiger partial charge in [0, 0.05) is 12.2 Å². The number of rotatable bonds is 4. The third kappa shape index (κ3) is 2.82. The molecule has 2 N–H and O–H groups in total. The first-order chi connectivity index (χ1) is 9.56. The van der Waals surface area contributed by atoms with E-state index in [0.29, 0.717) is 6.42 Å². The fourth-order valence-electron chi connectivity index (χ4n) is 2.68. The summed E-state index contributed by atoms with van der Waals surface area (Å²) < 4.78 is 0. The van der Waals surface area contributed by atoms with E-state index < -0.39 is 0 Å². The first-order valence-corrected chi connectivity index (χ1v) is 6.91. The van der Waals surface area contributed by atoms with Gasteiger partial charge >= 0.3 is 0 Å². The molecule has 1 aliphatic heterocycles. The second kappa shape index (κ2) is 6.05. The van der Waals surface area contributed by atoms with E-state index in [-0.39, 0.29) is 24.4 Å². The molecule has 1 heterocycles. The third-order valence-corrected chi connectivity index (χ3v) is 3.59. The molecule has 1 saturated heterocycles. The minimum Gasteiger partial charge on any atom is -0.350 e. The van der Waals surface area contributed by atoms with E-state index >= 15 is 0 Å². The van der Waals surface area contributed by atoms with Gasteiger partial charge in [-0.3, -0.25) is 14.9 Å². The maximum absolute atomic E-state index is 11.9. The fourth-order valence-corrected chi connectivity index (χ4v) is 2.68. The Kier molecular flexibility index (Phi) is 4.39. The molecule has 0 aromatic heterocycles. The van der Waals surface area contributed by atoms with Crippen LogP contribution in [0.3, 0.4) is 0 Å². The van der Waals surface area contributed by atoms with Crippen molar-refractivity contribution < 1.29 is 9.59 Å². The first-order valence-electron chi connectivity index (χ1n) is 6.91. The molecule has 1 aromatic carbocycles. The molecule has 20 heavy (non-hydrogen) atoms. The summed E-state index contributed by atoms with van der Waals surface area (Å²) in [6.45, 7) is 5.00. The molecular formula is C15H21N3O2. The standard InChI is InChI=1S/C15H21N3O2/c1-4-12-15(20)17-14(19)9-18(12)13-6-5-11(8-16-3)7-10(13)2/h5-7,12,16H,4,8-9H2,1-3H3,(H,17,19,20). The third-order valence-electron chi connectivity index (χ3n) is 3.59. The van der Waals surface area contributed by atoms with E-state index in [0.717, 1.165) is 17.8 Å². The molecule has 1 aromatic rings. The van der Waals surface area contributed by atoms with Gasteiger partial charge in [-0.2, -0.15) is 0 Å². The van der Waals surface area contributed by atoms with E-state index in [1.54, 1.807) is 0 Å². The van der Waals surface area contributed by atoms with E-state index in [1.807, 2.05) is 37.9 Å². The Morgan fingerprint density at radius 2 is 2.15 bits per heavy atom. The van der Waals surface area contributed by atoms with Gasteiger partial charge in [0.25, 0.3) is 0 Å². The summed E-state index contributed by atoms with van der Waals surface area (Å²) in [5.74, 6) is -0.444. The minimum absolute atomic E-state index is 0.206. The zero-order chi connectivity index (χ0) is 14.7. The molecule has 1 atom stereocenters. The van der Waals surface area contributed by atoms with Crippen LogP contribution in [0.5, 0.6) is 0 Å². The molecule has 0 spiro atoms. The molecule has 1 fully saturated rings. The Bertz CT molecular complexity index is 528. The summed E-state index contributed by atoms with van der Waals surface area (Å²) in [5.41, 5.74) is 3.23. The number of piperazine rings is 1. The van der Waals surface area contributed by atoms with Gasteiger partial charge in [0.15, 0.2) is 0 Å². The quantitative estimate of drug-likeness (QED) is 0.803. The van der Waals surface area contributed by atoms with Crippen LogP contribution in [0.2, 0.25) is 0 Å². The minimum atomic E-state index is -0.276. The van der Waals surface area contributed by atoms with Crippen LogP contribution in [0.1, 0.15) is 24.5 Å². The Balaban J connectivity index is 2.33. The zero-order valence-electron chi connectivity index (χ0n) is 12.2. The van der Waals surface area contributed by atoms with Crippen molar-refractivity contribution in [3.8, 4) is 0 Å². The van der Waals surface area contributed by atoms with Gasteiger partial charge in [0.2, 0.25) is 11.8 Å². The SMILES string of the molecule is CCC1C(=O)NC(=O)CN1c1ccc(CNC)cc1C. The number of carbonyl (C=O) groups is 2. The van der Waals surface area contributed by atoms with Crippen LogP contribution in [0, 0.1) is 6.92 Å². The van der Waals surface area contributed by atoms with Crippen LogP contribution in [-0.4, -0.2) is 31.4 Å². The summed E-state index contributed by atoms with van der Waals surface area (Å²) in [7, 11) is 1.91. The molecule has 108 valence electrons. The fraction of sp³-hybridized carbons (Fsp3) is 0.467. The summed E-state index contributed by atoms with van der Waals surface area (Å²) in [4.78, 5) is 25.4. The summed E-state index contributed by atoms with van der Waals surface area (Å²) in [6.07, 6.45) is 0.677. The van der Waals surface area contributed by atoms with E-state index in [4.69, 9.17) is 0 Å². The average molecular weight is 275 g/mol. The van der Waals surface area contributed by atoms with Crippen molar-refractivity contribution in [2.24, 2.45) is 0 Å². The smallest absolute Gasteiger partial charge is 0.249 e. The van der Waals surface area contributed by atoms with Crippen molar-refractivity contribution in [3.63, 3.8) is 0 Å². The maximum atomic E-state index is 11.9. The van der Waals surface area contributed by atoms with Crippen molar-refractivity contribution in [3.05, 3.63) is 29.3 Å². The number of hydrogen-bond acceptors (Lipinski definition) is 4. The van der Waals surface area contributed by atoms with Gasteiger partial charge in [-0.15, -0.1) is 0 Å². The van der Waals surface area contributed by atoms with E-state index in [2.05, 4.69) is 16.7 Å². The predicted molar refractivity (Wildman–Crippen MR) is 78.5 cm³/mol. The van der Waals surface area contributed by atoms with Crippen LogP contribution < -0.4 is 15.5 Å². The lowest BCUT2D eigenvalue weighted by molar-refractivity contribution is -0.132. The number of nitrogens with one attached hydrogen (secondary N) is 2. The number of hydrogen-bond donors (Lipinski definition) is 2. The lowest BCUT2D eigenvalue weighted by Crippen LogP contribution is -2.58. The van der Waals surface area contributed by atoms with Gasteiger partial charge in [-0.25, -0.2) is 0 Å². The molecule has 1 aliphatic rings. The highest BCUT2D eigenvalue weighted by molar-refractivity contribution is 6.04. The van der Waals surface area contributed by atoms with Crippen molar-refractivity contribution in [1.29, 1.82) is 0 Å². The molecule has 1 unspecified atom stereocenters. The molecule has 0 radical (unpaired) electrons. The maximum Gasteiger partial charge on any atom is 0.249 e. The molecule has 0 saturated carbocycles. The molecule has 0 aliphatic carbocycles. The first kappa shape index (κ1) is 14.5. The molecule has 0 bridgehead atoms. The second-order valence-electron chi connectivity index (χ2n) is 5.12. The molecular weight excluding hydrogens is 254 g/mol. The number of anilines is 1. The molecule has 2 rings (SSSR count). The predicted octanol–water partition coefficient (Wildman–Crippen LogP) is 0.956. The van der Waals surface area contributed by atoms with E-state index in [9.17, 15) is 9.59 Å². The largest absolute Gasteiger partial charge is 0.350 e.